The van der Waals surface area contributed by atoms with Gasteiger partial charge >= 0.3 is 11.7 Å². The van der Waals surface area contributed by atoms with Crippen LogP contribution in [0, 0.1) is 5.41 Å². The molecule has 4 rings (SSSR count). The minimum Gasteiger partial charge on any atom is -0.441 e. The standard InChI is InChI=1S/C20H26N6O3/c1-20(2,3)11-17-23-15-10-13(4-5-16(15)29-17)22-18(27)25-8-6-14(7-9-25)26-12-21-24-19(26)28/h4-5,10,12,14H,6-9,11H2,1-3H3,(H,22,27)(H,24,28). The third kappa shape index (κ3) is 4.33. The summed E-state index contributed by atoms with van der Waals surface area (Å²) in [6.45, 7) is 7.57. The number of aromatic nitrogens is 4. The first-order valence-corrected chi connectivity index (χ1v) is 9.85. The summed E-state index contributed by atoms with van der Waals surface area (Å²) < 4.78 is 7.41. The Labute approximate surface area is 168 Å². The number of nitrogens with one attached hydrogen (secondary N) is 2. The average molecular weight is 398 g/mol. The second-order valence-corrected chi connectivity index (χ2v) is 8.74. The van der Waals surface area contributed by atoms with Gasteiger partial charge in [-0.2, -0.15) is 5.10 Å². The first-order chi connectivity index (χ1) is 13.8. The van der Waals surface area contributed by atoms with Crippen LogP contribution in [0.5, 0.6) is 0 Å². The molecular weight excluding hydrogens is 372 g/mol. The van der Waals surface area contributed by atoms with E-state index in [9.17, 15) is 9.59 Å². The lowest BCUT2D eigenvalue weighted by atomic mass is 9.92. The third-order valence-electron chi connectivity index (χ3n) is 5.09. The molecule has 2 amide bonds. The number of H-pyrrole nitrogens is 1. The number of rotatable bonds is 3. The van der Waals surface area contributed by atoms with Gasteiger partial charge in [0.15, 0.2) is 11.5 Å². The van der Waals surface area contributed by atoms with Gasteiger partial charge in [0.25, 0.3) is 0 Å². The van der Waals surface area contributed by atoms with Gasteiger partial charge in [0.05, 0.1) is 0 Å². The Bertz CT molecular complexity index is 1070. The number of benzene rings is 1. The van der Waals surface area contributed by atoms with Crippen molar-refractivity contribution in [2.75, 3.05) is 18.4 Å². The molecule has 1 aromatic carbocycles. The van der Waals surface area contributed by atoms with Crippen molar-refractivity contribution in [3.63, 3.8) is 0 Å². The molecule has 3 heterocycles. The molecule has 0 bridgehead atoms. The number of carbonyl (C=O) groups is 1. The van der Waals surface area contributed by atoms with Crippen LogP contribution in [0.3, 0.4) is 0 Å². The van der Waals surface area contributed by atoms with Gasteiger partial charge in [0.2, 0.25) is 0 Å². The zero-order chi connectivity index (χ0) is 20.6. The van der Waals surface area contributed by atoms with Crippen molar-refractivity contribution in [1.82, 2.24) is 24.6 Å². The average Bonchev–Trinajstić information content (AvgIpc) is 3.25. The number of anilines is 1. The van der Waals surface area contributed by atoms with E-state index in [2.05, 4.69) is 41.3 Å². The molecule has 154 valence electrons. The topological polar surface area (TPSA) is 109 Å². The van der Waals surface area contributed by atoms with E-state index in [0.717, 1.165) is 11.9 Å². The van der Waals surface area contributed by atoms with Crippen molar-refractivity contribution in [3.05, 3.63) is 40.9 Å². The molecule has 9 nitrogen and oxygen atoms in total. The molecule has 2 N–H and O–H groups in total. The maximum atomic E-state index is 12.6. The molecule has 1 saturated heterocycles. The lowest BCUT2D eigenvalue weighted by Gasteiger charge is -2.32. The van der Waals surface area contributed by atoms with E-state index >= 15 is 0 Å². The number of aromatic amines is 1. The molecule has 0 atom stereocenters. The number of hydrogen-bond donors (Lipinski definition) is 2. The summed E-state index contributed by atoms with van der Waals surface area (Å²) in [7, 11) is 0. The second-order valence-electron chi connectivity index (χ2n) is 8.74. The zero-order valence-electron chi connectivity index (χ0n) is 16.9. The first-order valence-electron chi connectivity index (χ1n) is 9.85. The number of piperidine rings is 1. The van der Waals surface area contributed by atoms with Crippen LogP contribution in [-0.2, 0) is 6.42 Å². The molecule has 0 unspecified atom stereocenters. The van der Waals surface area contributed by atoms with Crippen molar-refractivity contribution >= 4 is 22.8 Å². The van der Waals surface area contributed by atoms with E-state index in [0.29, 0.717) is 43.1 Å². The van der Waals surface area contributed by atoms with Crippen molar-refractivity contribution in [3.8, 4) is 0 Å². The van der Waals surface area contributed by atoms with Crippen LogP contribution in [0.25, 0.3) is 11.1 Å². The summed E-state index contributed by atoms with van der Waals surface area (Å²) in [6.07, 6.45) is 3.69. The molecule has 1 aliphatic rings. The summed E-state index contributed by atoms with van der Waals surface area (Å²) in [5.41, 5.74) is 2.02. The van der Waals surface area contributed by atoms with Gasteiger partial charge in [-0.3, -0.25) is 4.57 Å². The predicted molar refractivity (Wildman–Crippen MR) is 109 cm³/mol. The van der Waals surface area contributed by atoms with Crippen LogP contribution in [0.4, 0.5) is 10.5 Å². The monoisotopic (exact) mass is 398 g/mol. The van der Waals surface area contributed by atoms with Gasteiger partial charge in [0, 0.05) is 31.2 Å². The second kappa shape index (κ2) is 7.38. The number of nitrogens with zero attached hydrogens (tertiary/aromatic N) is 4. The van der Waals surface area contributed by atoms with Crippen LogP contribution >= 0.6 is 0 Å². The largest absolute Gasteiger partial charge is 0.441 e. The summed E-state index contributed by atoms with van der Waals surface area (Å²) in [4.78, 5) is 30.7. The van der Waals surface area contributed by atoms with Gasteiger partial charge < -0.3 is 14.6 Å². The van der Waals surface area contributed by atoms with Gasteiger partial charge in [-0.25, -0.2) is 19.7 Å². The van der Waals surface area contributed by atoms with Gasteiger partial charge in [-0.15, -0.1) is 0 Å². The Morgan fingerprint density at radius 1 is 1.31 bits per heavy atom. The Kier molecular flexibility index (Phi) is 4.89. The summed E-state index contributed by atoms with van der Waals surface area (Å²) >= 11 is 0. The van der Waals surface area contributed by atoms with E-state index in [1.165, 1.54) is 6.33 Å². The van der Waals surface area contributed by atoms with Crippen LogP contribution in [0.1, 0.15) is 45.5 Å². The molecule has 0 saturated carbocycles. The smallest absolute Gasteiger partial charge is 0.343 e. The molecular formula is C20H26N6O3. The number of amides is 2. The van der Waals surface area contributed by atoms with Crippen LogP contribution in [-0.4, -0.2) is 43.8 Å². The molecule has 9 heteroatoms. The quantitative estimate of drug-likeness (QED) is 0.704. The number of urea groups is 1. The minimum absolute atomic E-state index is 0.0676. The molecule has 0 aliphatic carbocycles. The van der Waals surface area contributed by atoms with Crippen molar-refractivity contribution in [2.45, 2.75) is 46.1 Å². The van der Waals surface area contributed by atoms with Gasteiger partial charge in [-0.05, 0) is 36.5 Å². The van der Waals surface area contributed by atoms with Crippen molar-refractivity contribution in [1.29, 1.82) is 0 Å². The molecule has 2 aromatic heterocycles. The van der Waals surface area contributed by atoms with E-state index < -0.39 is 0 Å². The van der Waals surface area contributed by atoms with Crippen molar-refractivity contribution in [2.24, 2.45) is 5.41 Å². The maximum absolute atomic E-state index is 12.6. The predicted octanol–water partition coefficient (Wildman–Crippen LogP) is 3.17. The number of carbonyl (C=O) groups excluding carboxylic acids is 1. The Morgan fingerprint density at radius 2 is 2.07 bits per heavy atom. The first kappa shape index (κ1) is 19.2. The Hall–Kier alpha value is -3.10. The van der Waals surface area contributed by atoms with Crippen LogP contribution in [0.2, 0.25) is 0 Å². The lowest BCUT2D eigenvalue weighted by molar-refractivity contribution is 0.183. The fraction of sp³-hybridized carbons (Fsp3) is 0.500. The summed E-state index contributed by atoms with van der Waals surface area (Å²) in [5.74, 6) is 0.701. The molecule has 0 radical (unpaired) electrons. The van der Waals surface area contributed by atoms with Crippen molar-refractivity contribution < 1.29 is 9.21 Å². The minimum atomic E-state index is -0.209. The van der Waals surface area contributed by atoms with Crippen LogP contribution in [0.15, 0.2) is 33.7 Å². The highest BCUT2D eigenvalue weighted by atomic mass is 16.3. The SMILES string of the molecule is CC(C)(C)Cc1nc2cc(NC(=O)N3CCC(n4cn[nH]c4=O)CC3)ccc2o1. The summed E-state index contributed by atoms with van der Waals surface area (Å²) in [6, 6.07) is 5.41. The van der Waals surface area contributed by atoms with Gasteiger partial charge in [-0.1, -0.05) is 20.8 Å². The van der Waals surface area contributed by atoms with E-state index in [-0.39, 0.29) is 23.2 Å². The molecule has 1 fully saturated rings. The number of likely N-dealkylation sites (tertiary alicyclic amines) is 1. The molecule has 1 aliphatic heterocycles. The zero-order valence-corrected chi connectivity index (χ0v) is 16.9. The highest BCUT2D eigenvalue weighted by molar-refractivity contribution is 5.91. The lowest BCUT2D eigenvalue weighted by Crippen LogP contribution is -2.42. The molecule has 0 spiro atoms. The normalized spacial score (nSPS) is 15.8. The fourth-order valence-electron chi connectivity index (χ4n) is 3.65. The van der Waals surface area contributed by atoms with Gasteiger partial charge in [0.1, 0.15) is 11.8 Å². The van der Waals surface area contributed by atoms with E-state index in [1.54, 1.807) is 9.47 Å². The molecule has 29 heavy (non-hydrogen) atoms. The van der Waals surface area contributed by atoms with Crippen LogP contribution < -0.4 is 11.0 Å². The Balaban J connectivity index is 1.39. The highest BCUT2D eigenvalue weighted by Crippen LogP contribution is 2.26. The van der Waals surface area contributed by atoms with E-state index in [4.69, 9.17) is 4.42 Å². The number of hydrogen-bond acceptors (Lipinski definition) is 5. The fourth-order valence-corrected chi connectivity index (χ4v) is 3.65. The third-order valence-corrected chi connectivity index (χ3v) is 5.09. The maximum Gasteiger partial charge on any atom is 0.343 e. The summed E-state index contributed by atoms with van der Waals surface area (Å²) in [5, 5.41) is 9.12. The highest BCUT2D eigenvalue weighted by Gasteiger charge is 2.25. The number of fused-ring (bicyclic) bond motifs is 1. The Morgan fingerprint density at radius 3 is 2.72 bits per heavy atom. The number of oxazole rings is 1. The van der Waals surface area contributed by atoms with E-state index in [1.807, 2.05) is 18.2 Å². The molecule has 3 aromatic rings.